The summed E-state index contributed by atoms with van der Waals surface area (Å²) >= 11 is 0. The molecule has 152 valence electrons. The fourth-order valence-electron chi connectivity index (χ4n) is 3.60. The fourth-order valence-corrected chi connectivity index (χ4v) is 3.60. The maximum Gasteiger partial charge on any atom is 0.322 e. The van der Waals surface area contributed by atoms with E-state index in [1.807, 2.05) is 60.7 Å². The number of halogens is 1. The first-order valence-electron chi connectivity index (χ1n) is 9.83. The monoisotopic (exact) mass is 403 g/mol. The van der Waals surface area contributed by atoms with Crippen molar-refractivity contribution in [2.75, 3.05) is 16.3 Å². The Morgan fingerprint density at radius 1 is 1.00 bits per heavy atom. The van der Waals surface area contributed by atoms with E-state index in [9.17, 15) is 14.0 Å². The molecule has 1 heterocycles. The molecule has 3 aromatic rings. The SMILES string of the molecule is O=C1C[C@H](NC(=O)N(Cc2ccccc2)c2ccccc2)CN1c1cccc(F)c1. The number of carbonyl (C=O) groups is 2. The van der Waals surface area contributed by atoms with Gasteiger partial charge in [-0.15, -0.1) is 0 Å². The summed E-state index contributed by atoms with van der Waals surface area (Å²) in [6.07, 6.45) is 0.177. The van der Waals surface area contributed by atoms with E-state index in [1.165, 1.54) is 17.0 Å². The number of para-hydroxylation sites is 1. The number of nitrogens with zero attached hydrogens (tertiary/aromatic N) is 2. The van der Waals surface area contributed by atoms with Crippen molar-refractivity contribution in [3.05, 3.63) is 96.3 Å². The summed E-state index contributed by atoms with van der Waals surface area (Å²) in [6.45, 7) is 0.715. The Hall–Kier alpha value is -3.67. The maximum absolute atomic E-state index is 13.5. The van der Waals surface area contributed by atoms with E-state index in [-0.39, 0.29) is 24.4 Å². The molecule has 0 aromatic heterocycles. The van der Waals surface area contributed by atoms with E-state index < -0.39 is 5.82 Å². The largest absolute Gasteiger partial charge is 0.333 e. The molecular weight excluding hydrogens is 381 g/mol. The van der Waals surface area contributed by atoms with Crippen LogP contribution in [-0.4, -0.2) is 24.5 Å². The first-order chi connectivity index (χ1) is 14.6. The van der Waals surface area contributed by atoms with Crippen molar-refractivity contribution >= 4 is 23.3 Å². The third-order valence-electron chi connectivity index (χ3n) is 5.07. The van der Waals surface area contributed by atoms with Crippen LogP contribution in [0.15, 0.2) is 84.9 Å². The van der Waals surface area contributed by atoms with Crippen molar-refractivity contribution in [1.29, 1.82) is 0 Å². The topological polar surface area (TPSA) is 52.7 Å². The number of benzene rings is 3. The van der Waals surface area contributed by atoms with Gasteiger partial charge in [0.1, 0.15) is 5.82 Å². The summed E-state index contributed by atoms with van der Waals surface area (Å²) in [7, 11) is 0. The molecule has 1 N–H and O–H groups in total. The zero-order valence-electron chi connectivity index (χ0n) is 16.4. The standard InChI is InChI=1S/C24H22FN3O2/c25-19-10-7-13-22(14-19)27-17-20(15-23(27)29)26-24(30)28(21-11-5-2-6-12-21)16-18-8-3-1-4-9-18/h1-14,20H,15-17H2,(H,26,30)/t20-/m0/s1. The minimum Gasteiger partial charge on any atom is -0.333 e. The third kappa shape index (κ3) is 4.49. The van der Waals surface area contributed by atoms with E-state index in [0.29, 0.717) is 18.8 Å². The first kappa shape index (κ1) is 19.6. The molecule has 30 heavy (non-hydrogen) atoms. The highest BCUT2D eigenvalue weighted by Gasteiger charge is 2.33. The minimum atomic E-state index is -0.397. The quantitative estimate of drug-likeness (QED) is 0.689. The van der Waals surface area contributed by atoms with Gasteiger partial charge in [0.2, 0.25) is 5.91 Å². The molecule has 5 nitrogen and oxygen atoms in total. The van der Waals surface area contributed by atoms with Crippen LogP contribution in [0.5, 0.6) is 0 Å². The lowest BCUT2D eigenvalue weighted by Gasteiger charge is -2.25. The van der Waals surface area contributed by atoms with Crippen LogP contribution < -0.4 is 15.1 Å². The van der Waals surface area contributed by atoms with Gasteiger partial charge in [-0.25, -0.2) is 9.18 Å². The highest BCUT2D eigenvalue weighted by molar-refractivity contribution is 5.98. The average Bonchev–Trinajstić information content (AvgIpc) is 3.13. The molecule has 3 amide bonds. The van der Waals surface area contributed by atoms with Crippen LogP contribution in [-0.2, 0) is 11.3 Å². The van der Waals surface area contributed by atoms with Crippen molar-refractivity contribution in [3.63, 3.8) is 0 Å². The smallest absolute Gasteiger partial charge is 0.322 e. The maximum atomic E-state index is 13.5. The lowest BCUT2D eigenvalue weighted by atomic mass is 10.2. The number of amides is 3. The van der Waals surface area contributed by atoms with Gasteiger partial charge in [-0.05, 0) is 35.9 Å². The van der Waals surface area contributed by atoms with Crippen molar-refractivity contribution in [2.24, 2.45) is 0 Å². The summed E-state index contributed by atoms with van der Waals surface area (Å²) in [6, 6.07) is 24.4. The molecule has 0 unspecified atom stereocenters. The molecule has 1 aliphatic heterocycles. The number of rotatable bonds is 5. The van der Waals surface area contributed by atoms with E-state index in [2.05, 4.69) is 5.32 Å². The molecule has 1 atom stereocenters. The van der Waals surface area contributed by atoms with Crippen LogP contribution >= 0.6 is 0 Å². The Kier molecular flexibility index (Phi) is 5.75. The van der Waals surface area contributed by atoms with Gasteiger partial charge in [-0.2, -0.15) is 0 Å². The number of carbonyl (C=O) groups excluding carboxylic acids is 2. The molecule has 1 aliphatic rings. The predicted octanol–water partition coefficient (Wildman–Crippen LogP) is 4.35. The van der Waals surface area contributed by atoms with Gasteiger partial charge < -0.3 is 10.2 Å². The van der Waals surface area contributed by atoms with Crippen LogP contribution in [0.1, 0.15) is 12.0 Å². The first-order valence-corrected chi connectivity index (χ1v) is 9.83. The average molecular weight is 403 g/mol. The second-order valence-electron chi connectivity index (χ2n) is 7.24. The lowest BCUT2D eigenvalue weighted by molar-refractivity contribution is -0.117. The number of hydrogen-bond acceptors (Lipinski definition) is 2. The summed E-state index contributed by atoms with van der Waals surface area (Å²) in [5.74, 6) is -0.536. The van der Waals surface area contributed by atoms with Crippen molar-refractivity contribution < 1.29 is 14.0 Å². The number of nitrogens with one attached hydrogen (secondary N) is 1. The van der Waals surface area contributed by atoms with Crippen LogP contribution in [0, 0.1) is 5.82 Å². The van der Waals surface area contributed by atoms with E-state index in [4.69, 9.17) is 0 Å². The van der Waals surface area contributed by atoms with Gasteiger partial charge >= 0.3 is 6.03 Å². The van der Waals surface area contributed by atoms with Crippen molar-refractivity contribution in [1.82, 2.24) is 5.32 Å². The summed E-state index contributed by atoms with van der Waals surface area (Å²) in [5.41, 5.74) is 2.27. The Morgan fingerprint density at radius 2 is 1.70 bits per heavy atom. The summed E-state index contributed by atoms with van der Waals surface area (Å²) in [4.78, 5) is 28.7. The highest BCUT2D eigenvalue weighted by atomic mass is 19.1. The van der Waals surface area contributed by atoms with Crippen LogP contribution in [0.4, 0.5) is 20.6 Å². The molecule has 0 radical (unpaired) electrons. The van der Waals surface area contributed by atoms with E-state index in [0.717, 1.165) is 11.3 Å². The molecular formula is C24H22FN3O2. The predicted molar refractivity (Wildman–Crippen MR) is 115 cm³/mol. The molecule has 6 heteroatoms. The van der Waals surface area contributed by atoms with Crippen LogP contribution in [0.25, 0.3) is 0 Å². The molecule has 0 spiro atoms. The van der Waals surface area contributed by atoms with Crippen molar-refractivity contribution in [2.45, 2.75) is 19.0 Å². The molecule has 1 saturated heterocycles. The van der Waals surface area contributed by atoms with Gasteiger partial charge in [-0.1, -0.05) is 54.6 Å². The van der Waals surface area contributed by atoms with Crippen LogP contribution in [0.3, 0.4) is 0 Å². The second-order valence-corrected chi connectivity index (χ2v) is 7.24. The van der Waals surface area contributed by atoms with Crippen molar-refractivity contribution in [3.8, 4) is 0 Å². The number of hydrogen-bond donors (Lipinski definition) is 1. The zero-order valence-corrected chi connectivity index (χ0v) is 16.4. The molecule has 0 aliphatic carbocycles. The zero-order chi connectivity index (χ0) is 20.9. The normalized spacial score (nSPS) is 15.8. The minimum absolute atomic E-state index is 0.139. The summed E-state index contributed by atoms with van der Waals surface area (Å²) < 4.78 is 13.5. The Labute approximate surface area is 174 Å². The third-order valence-corrected chi connectivity index (χ3v) is 5.07. The van der Waals surface area contributed by atoms with Gasteiger partial charge in [0.15, 0.2) is 0 Å². The van der Waals surface area contributed by atoms with E-state index in [1.54, 1.807) is 17.0 Å². The summed E-state index contributed by atoms with van der Waals surface area (Å²) in [5, 5.41) is 2.97. The molecule has 1 fully saturated rings. The lowest BCUT2D eigenvalue weighted by Crippen LogP contribution is -2.45. The second kappa shape index (κ2) is 8.78. The van der Waals surface area contributed by atoms with Gasteiger partial charge in [-0.3, -0.25) is 9.69 Å². The number of anilines is 2. The molecule has 4 rings (SSSR count). The number of urea groups is 1. The highest BCUT2D eigenvalue weighted by Crippen LogP contribution is 2.23. The fraction of sp³-hybridized carbons (Fsp3) is 0.167. The van der Waals surface area contributed by atoms with Gasteiger partial charge in [0.05, 0.1) is 12.6 Å². The van der Waals surface area contributed by atoms with Gasteiger partial charge in [0, 0.05) is 24.3 Å². The molecule has 0 bridgehead atoms. The van der Waals surface area contributed by atoms with E-state index >= 15 is 0 Å². The van der Waals surface area contributed by atoms with Crippen LogP contribution in [0.2, 0.25) is 0 Å². The van der Waals surface area contributed by atoms with Gasteiger partial charge in [0.25, 0.3) is 0 Å². The Balaban J connectivity index is 1.49. The Bertz CT molecular complexity index is 1030. The molecule has 0 saturated carbocycles. The Morgan fingerprint density at radius 3 is 2.40 bits per heavy atom. The molecule has 3 aromatic carbocycles.